The van der Waals surface area contributed by atoms with E-state index < -0.39 is 58.7 Å². The maximum Gasteiger partial charge on any atom is 0.324 e. The molecule has 2 N–H and O–H groups in total. The molecule has 5 fully saturated rings. The van der Waals surface area contributed by atoms with Crippen LogP contribution in [0.15, 0.2) is 90.0 Å². The van der Waals surface area contributed by atoms with E-state index in [1.807, 2.05) is 67.5 Å². The van der Waals surface area contributed by atoms with Gasteiger partial charge >= 0.3 is 5.97 Å². The van der Waals surface area contributed by atoms with Gasteiger partial charge in [0.1, 0.15) is 18.1 Å². The van der Waals surface area contributed by atoms with Crippen LogP contribution >= 0.6 is 0 Å². The van der Waals surface area contributed by atoms with Gasteiger partial charge in [0, 0.05) is 74.8 Å². The Balaban J connectivity index is 0.887. The van der Waals surface area contributed by atoms with Crippen molar-refractivity contribution in [3.63, 3.8) is 0 Å². The number of fused-ring (bicyclic) bond motifs is 6. The van der Waals surface area contributed by atoms with Crippen LogP contribution in [0.1, 0.15) is 114 Å². The quantitative estimate of drug-likeness (QED) is 0.0657. The van der Waals surface area contributed by atoms with E-state index in [9.17, 15) is 18.9 Å². The molecule has 2 aromatic heterocycles. The molecule has 81 heavy (non-hydrogen) atoms. The van der Waals surface area contributed by atoms with Gasteiger partial charge in [-0.2, -0.15) is 0 Å². The normalized spacial score (nSPS) is 26.2. The number of aromatic nitrogens is 2. The Bertz CT molecular complexity index is 3190. The second-order valence-electron chi connectivity index (χ2n) is 24.8. The number of pyridine rings is 1. The lowest BCUT2D eigenvalue weighted by molar-refractivity contribution is -0.155. The van der Waals surface area contributed by atoms with Crippen LogP contribution in [0.4, 0.5) is 0 Å². The minimum atomic E-state index is -1.48. The molecule has 5 aromatic rings. The smallest absolute Gasteiger partial charge is 0.324 e. The summed E-state index contributed by atoms with van der Waals surface area (Å²) in [5.41, 5.74) is 11.6. The summed E-state index contributed by atoms with van der Waals surface area (Å²) in [4.78, 5) is 82.9. The highest BCUT2D eigenvalue weighted by molar-refractivity contribution is 7.89. The van der Waals surface area contributed by atoms with Crippen LogP contribution in [0.3, 0.4) is 0 Å². The number of benzene rings is 3. The summed E-state index contributed by atoms with van der Waals surface area (Å²) in [6.45, 7) is 14.1. The van der Waals surface area contributed by atoms with Crippen molar-refractivity contribution in [1.82, 2.24) is 39.4 Å². The standard InChI is InChI=1S/C64H80N8O8S/c1-9-70-53-28-25-45-33-48(53)49(57(70)47-19-13-29-65-54(47)40(4)79-8)34-64(5,6)37-80-63(77)51-20-14-30-71(67-51)61(75)52(32-41-15-12-18-44(45)31-41)66-59(73)56(42-16-10-11-17-42)68(7)60(74)50-36-69(35-39(50)3)62(76)58-55(43-23-24-43)72(58)81(78)46-26-21-38(2)22-27-46/h12-13,15,18-19,21-22,25-29,31,33,39-40,42-43,50-52,55-56,58,67H,9-11,14,16-17,20,23-24,30,32,34-37H2,1-8H3,(H,66,73)/t39-,40+,50+,51+,52+,55-,56+,58-,72?,81-/m1/s1. The molecule has 11 rings (SSSR count). The van der Waals surface area contributed by atoms with Crippen molar-refractivity contribution in [2.75, 3.05) is 40.4 Å². The highest BCUT2D eigenvalue weighted by Crippen LogP contribution is 2.51. The molecule has 2 aliphatic carbocycles. The Morgan fingerprint density at radius 3 is 2.44 bits per heavy atom. The van der Waals surface area contributed by atoms with Crippen molar-refractivity contribution in [3.05, 3.63) is 107 Å². The molecule has 4 aliphatic heterocycles. The van der Waals surface area contributed by atoms with Crippen molar-refractivity contribution in [3.8, 4) is 22.4 Å². The van der Waals surface area contributed by atoms with E-state index in [4.69, 9.17) is 14.5 Å². The zero-order valence-electron chi connectivity index (χ0n) is 48.3. The topological polar surface area (TPSA) is 181 Å². The van der Waals surface area contributed by atoms with Crippen molar-refractivity contribution in [2.45, 2.75) is 154 Å². The van der Waals surface area contributed by atoms with Gasteiger partial charge in [-0.1, -0.05) is 81.6 Å². The highest BCUT2D eigenvalue weighted by atomic mass is 32.2. The van der Waals surface area contributed by atoms with Crippen LogP contribution in [0.5, 0.6) is 0 Å². The number of ether oxygens (including phenoxy) is 2. The molecule has 430 valence electrons. The minimum absolute atomic E-state index is 0.0913. The number of hydrogen-bond acceptors (Lipinski definition) is 11. The lowest BCUT2D eigenvalue weighted by Gasteiger charge is -2.37. The maximum atomic E-state index is 15.3. The van der Waals surface area contributed by atoms with E-state index in [-0.39, 0.29) is 61.3 Å². The number of likely N-dealkylation sites (N-methyl/N-ethyl adjacent to an activating group) is 1. The van der Waals surface area contributed by atoms with Crippen LogP contribution in [-0.4, -0.2) is 133 Å². The van der Waals surface area contributed by atoms with Gasteiger partial charge in [-0.15, -0.1) is 4.31 Å². The summed E-state index contributed by atoms with van der Waals surface area (Å²) >= 11 is -1.48. The fraction of sp³-hybridized carbons (Fsp3) is 0.531. The number of nitrogens with zero attached hydrogens (tertiary/aromatic N) is 6. The number of methoxy groups -OCH3 is 1. The number of aryl methyl sites for hydroxylation is 2. The van der Waals surface area contributed by atoms with Crippen molar-refractivity contribution >= 4 is 51.9 Å². The Kier molecular flexibility index (Phi) is 16.3. The number of amides is 4. The number of esters is 1. The average molecular weight is 1120 g/mol. The third kappa shape index (κ3) is 11.4. The Hall–Kier alpha value is -6.11. The highest BCUT2D eigenvalue weighted by Gasteiger charge is 2.67. The lowest BCUT2D eigenvalue weighted by atomic mass is 9.84. The van der Waals surface area contributed by atoms with Gasteiger partial charge in [0.2, 0.25) is 17.7 Å². The van der Waals surface area contributed by atoms with Gasteiger partial charge in [0.15, 0.2) is 10.9 Å². The molecule has 3 saturated heterocycles. The van der Waals surface area contributed by atoms with Gasteiger partial charge in [-0.3, -0.25) is 34.0 Å². The number of nitrogens with one attached hydrogen (secondary N) is 2. The number of rotatable bonds is 13. The second kappa shape index (κ2) is 23.3. The van der Waals surface area contributed by atoms with Crippen molar-refractivity contribution in [2.24, 2.45) is 29.1 Å². The molecule has 0 radical (unpaired) electrons. The summed E-state index contributed by atoms with van der Waals surface area (Å²) < 4.78 is 30.2. The summed E-state index contributed by atoms with van der Waals surface area (Å²) in [5, 5.41) is 5.76. The number of hydrogen-bond donors (Lipinski definition) is 2. The number of carbonyl (C=O) groups is 5. The van der Waals surface area contributed by atoms with Crippen LogP contribution < -0.4 is 10.7 Å². The molecular weight excluding hydrogens is 1040 g/mol. The molecule has 1 unspecified atom stereocenters. The maximum absolute atomic E-state index is 15.3. The van der Waals surface area contributed by atoms with Gasteiger partial charge in [0.05, 0.1) is 47.4 Å². The Labute approximate surface area is 479 Å². The summed E-state index contributed by atoms with van der Waals surface area (Å²) in [6, 6.07) is 23.0. The van der Waals surface area contributed by atoms with Gasteiger partial charge in [-0.05, 0) is 142 Å². The van der Waals surface area contributed by atoms with E-state index in [2.05, 4.69) is 72.5 Å². The largest absolute Gasteiger partial charge is 0.593 e. The van der Waals surface area contributed by atoms with Crippen LogP contribution in [-0.2, 0) is 64.2 Å². The predicted molar refractivity (Wildman–Crippen MR) is 311 cm³/mol. The van der Waals surface area contributed by atoms with E-state index in [1.54, 1.807) is 30.2 Å². The zero-order valence-corrected chi connectivity index (χ0v) is 49.1. The molecule has 17 heteroatoms. The number of hydrazine groups is 1. The zero-order chi connectivity index (χ0) is 57.0. The first kappa shape index (κ1) is 56.7. The molecule has 16 nitrogen and oxygen atoms in total. The third-order valence-corrected chi connectivity index (χ3v) is 19.9. The van der Waals surface area contributed by atoms with E-state index in [1.165, 1.54) is 5.01 Å². The first-order valence-corrected chi connectivity index (χ1v) is 30.6. The first-order valence-electron chi connectivity index (χ1n) is 29.5. The monoisotopic (exact) mass is 1120 g/mol. The van der Waals surface area contributed by atoms with Crippen molar-refractivity contribution < 1.29 is 38.0 Å². The predicted octanol–water partition coefficient (Wildman–Crippen LogP) is 8.35. The molecule has 6 bridgehead atoms. The molecule has 4 amide bonds. The average Bonchev–Trinajstić information content (AvgIpc) is 2.72. The van der Waals surface area contributed by atoms with Gasteiger partial charge in [-0.25, -0.2) is 5.43 Å². The number of carbonyl (C=O) groups excluding carboxylic acids is 5. The van der Waals surface area contributed by atoms with Gasteiger partial charge in [0.25, 0.3) is 5.91 Å². The summed E-state index contributed by atoms with van der Waals surface area (Å²) in [5.74, 6) is -2.10. The van der Waals surface area contributed by atoms with Crippen molar-refractivity contribution in [1.29, 1.82) is 0 Å². The summed E-state index contributed by atoms with van der Waals surface area (Å²) in [7, 11) is 3.40. The fourth-order valence-corrected chi connectivity index (χ4v) is 15.1. The van der Waals surface area contributed by atoms with E-state index in [0.717, 1.165) is 94.2 Å². The number of likely N-dealkylation sites (tertiary alicyclic amines) is 1. The van der Waals surface area contributed by atoms with Crippen LogP contribution in [0.25, 0.3) is 33.3 Å². The Morgan fingerprint density at radius 2 is 1.72 bits per heavy atom. The Morgan fingerprint density at radius 1 is 0.963 bits per heavy atom. The molecule has 2 saturated carbocycles. The molecule has 6 heterocycles. The molecule has 3 aromatic carbocycles. The molecule has 10 atom stereocenters. The SMILES string of the molecule is CCn1c(-c2cccnc2[C@H](C)OC)c2c3cc(ccc31)-c1cccc(c1)C[C@H](NC(=O)[C@H](C1CCCC1)N(C)C(=O)[C@H]1CN(C(=O)[C@H]3[C@@H](C4CC4)N3[S@+]([O-])c3ccc(C)cc3)C[C@H]1C)C(=O)N1CCC[C@H](N1)C(=O)OCC(C)(C)C2. The third-order valence-electron chi connectivity index (χ3n) is 18.3. The van der Waals surface area contributed by atoms with Crippen LogP contribution in [0.2, 0.25) is 0 Å². The fourth-order valence-electron chi connectivity index (χ4n) is 13.7. The second-order valence-corrected chi connectivity index (χ2v) is 26.2. The number of cyclic esters (lactones) is 1. The van der Waals surface area contributed by atoms with E-state index in [0.29, 0.717) is 49.7 Å². The lowest BCUT2D eigenvalue weighted by Crippen LogP contribution is -2.62. The minimum Gasteiger partial charge on any atom is -0.593 e. The van der Waals surface area contributed by atoms with E-state index >= 15 is 9.59 Å². The molecule has 6 aliphatic rings. The molecule has 0 spiro atoms. The summed E-state index contributed by atoms with van der Waals surface area (Å²) in [6.07, 6.45) is 8.60. The first-order chi connectivity index (χ1) is 38.9. The molecular formula is C64H80N8O8S. The van der Waals surface area contributed by atoms with Gasteiger partial charge < -0.3 is 33.7 Å². The van der Waals surface area contributed by atoms with Crippen LogP contribution in [0, 0.1) is 36.0 Å².